The van der Waals surface area contributed by atoms with E-state index in [1.54, 1.807) is 0 Å². The zero-order valence-electron chi connectivity index (χ0n) is 9.65. The molecule has 2 heterocycles. The largest absolute Gasteiger partial charge is 0.332 e. The molecule has 0 bridgehead atoms. The molecule has 1 aliphatic rings. The molecule has 0 spiro atoms. The Bertz CT molecular complexity index is 443. The number of carbonyl (C=O) groups excluding carboxylic acids is 2. The Hall–Kier alpha value is -2.02. The minimum absolute atomic E-state index is 0.157. The highest BCUT2D eigenvalue weighted by Crippen LogP contribution is 2.04. The van der Waals surface area contributed by atoms with Crippen LogP contribution in [0.4, 0.5) is 10.2 Å². The smallest absolute Gasteiger partial charge is 0.315 e. The molecule has 7 heteroatoms. The van der Waals surface area contributed by atoms with Crippen LogP contribution in [0.2, 0.25) is 0 Å². The first kappa shape index (κ1) is 12.4. The van der Waals surface area contributed by atoms with Gasteiger partial charge in [-0.1, -0.05) is 0 Å². The normalized spacial score (nSPS) is 15.3. The van der Waals surface area contributed by atoms with Crippen molar-refractivity contribution in [3.05, 3.63) is 24.1 Å². The van der Waals surface area contributed by atoms with Crippen LogP contribution in [-0.2, 0) is 9.59 Å². The van der Waals surface area contributed by atoms with Crippen molar-refractivity contribution in [2.24, 2.45) is 0 Å². The molecule has 1 aliphatic heterocycles. The van der Waals surface area contributed by atoms with Crippen molar-refractivity contribution in [3.63, 3.8) is 0 Å². The van der Waals surface area contributed by atoms with E-state index in [1.165, 1.54) is 11.0 Å². The third-order valence-corrected chi connectivity index (χ3v) is 2.57. The molecule has 1 saturated heterocycles. The van der Waals surface area contributed by atoms with Crippen molar-refractivity contribution >= 4 is 17.6 Å². The van der Waals surface area contributed by atoms with Crippen LogP contribution >= 0.6 is 0 Å². The Kier molecular flexibility index (Phi) is 3.83. The lowest BCUT2D eigenvalue weighted by molar-refractivity contribution is -0.143. The number of hydrogen-bond donors (Lipinski definition) is 2. The molecule has 1 fully saturated rings. The maximum Gasteiger partial charge on any atom is 0.315 e. The van der Waals surface area contributed by atoms with Gasteiger partial charge in [-0.25, -0.2) is 9.37 Å². The number of hydrogen-bond acceptors (Lipinski definition) is 4. The SMILES string of the molecule is O=C(Nc1ccc(F)cn1)C(=O)N1CCNCC1. The Morgan fingerprint density at radius 1 is 1.33 bits per heavy atom. The van der Waals surface area contributed by atoms with Gasteiger partial charge in [-0.2, -0.15) is 0 Å². The fourth-order valence-electron chi connectivity index (χ4n) is 1.63. The van der Waals surface area contributed by atoms with E-state index in [0.29, 0.717) is 26.2 Å². The van der Waals surface area contributed by atoms with Gasteiger partial charge in [-0.3, -0.25) is 9.59 Å². The second kappa shape index (κ2) is 5.54. The van der Waals surface area contributed by atoms with Crippen molar-refractivity contribution in [3.8, 4) is 0 Å². The number of nitrogens with one attached hydrogen (secondary N) is 2. The predicted octanol–water partition coefficient (Wildman–Crippen LogP) is -0.409. The van der Waals surface area contributed by atoms with E-state index < -0.39 is 17.6 Å². The molecule has 0 aliphatic carbocycles. The van der Waals surface area contributed by atoms with Gasteiger partial charge in [-0.05, 0) is 12.1 Å². The maximum atomic E-state index is 12.6. The highest BCUT2D eigenvalue weighted by molar-refractivity contribution is 6.39. The van der Waals surface area contributed by atoms with Gasteiger partial charge in [0.15, 0.2) is 0 Å². The zero-order valence-corrected chi connectivity index (χ0v) is 9.65. The molecule has 18 heavy (non-hydrogen) atoms. The summed E-state index contributed by atoms with van der Waals surface area (Å²) in [6.07, 6.45) is 0.977. The van der Waals surface area contributed by atoms with Gasteiger partial charge in [-0.15, -0.1) is 0 Å². The molecule has 6 nitrogen and oxygen atoms in total. The zero-order chi connectivity index (χ0) is 13.0. The van der Waals surface area contributed by atoms with Crippen molar-refractivity contribution in [2.75, 3.05) is 31.5 Å². The lowest BCUT2D eigenvalue weighted by atomic mass is 10.3. The van der Waals surface area contributed by atoms with Crippen molar-refractivity contribution in [1.29, 1.82) is 0 Å². The van der Waals surface area contributed by atoms with E-state index in [2.05, 4.69) is 15.6 Å². The van der Waals surface area contributed by atoms with Crippen LogP contribution in [0, 0.1) is 5.82 Å². The number of piperazine rings is 1. The van der Waals surface area contributed by atoms with Gasteiger partial charge in [0.05, 0.1) is 6.20 Å². The molecule has 2 N–H and O–H groups in total. The Morgan fingerprint density at radius 3 is 2.67 bits per heavy atom. The van der Waals surface area contributed by atoms with Gasteiger partial charge in [0.2, 0.25) is 0 Å². The number of nitrogens with zero attached hydrogens (tertiary/aromatic N) is 2. The molecule has 2 rings (SSSR count). The van der Waals surface area contributed by atoms with Crippen molar-refractivity contribution in [2.45, 2.75) is 0 Å². The van der Waals surface area contributed by atoms with Gasteiger partial charge < -0.3 is 15.5 Å². The fraction of sp³-hybridized carbons (Fsp3) is 0.364. The van der Waals surface area contributed by atoms with Gasteiger partial charge >= 0.3 is 11.8 Å². The average Bonchev–Trinajstić information content (AvgIpc) is 2.41. The summed E-state index contributed by atoms with van der Waals surface area (Å²) in [6, 6.07) is 2.47. The third kappa shape index (κ3) is 3.01. The van der Waals surface area contributed by atoms with Crippen molar-refractivity contribution < 1.29 is 14.0 Å². The van der Waals surface area contributed by atoms with E-state index in [0.717, 1.165) is 12.3 Å². The number of carbonyl (C=O) groups is 2. The number of anilines is 1. The van der Waals surface area contributed by atoms with Gasteiger partial charge in [0, 0.05) is 26.2 Å². The molecule has 96 valence electrons. The van der Waals surface area contributed by atoms with Crippen LogP contribution in [-0.4, -0.2) is 47.9 Å². The molecular formula is C11H13FN4O2. The summed E-state index contributed by atoms with van der Waals surface area (Å²) in [6.45, 7) is 2.35. The fourth-order valence-corrected chi connectivity index (χ4v) is 1.63. The van der Waals surface area contributed by atoms with Gasteiger partial charge in [0.1, 0.15) is 11.6 Å². The molecule has 2 amide bonds. The predicted molar refractivity (Wildman–Crippen MR) is 62.3 cm³/mol. The minimum atomic E-state index is -0.754. The first-order chi connectivity index (χ1) is 8.66. The number of pyridine rings is 1. The summed E-state index contributed by atoms with van der Waals surface area (Å²) >= 11 is 0. The Labute approximate surface area is 103 Å². The molecule has 0 saturated carbocycles. The lowest BCUT2D eigenvalue weighted by Gasteiger charge is -2.26. The molecule has 1 aromatic heterocycles. The molecule has 0 aromatic carbocycles. The van der Waals surface area contributed by atoms with Crippen LogP contribution in [0.3, 0.4) is 0 Å². The van der Waals surface area contributed by atoms with Crippen LogP contribution in [0.1, 0.15) is 0 Å². The van der Waals surface area contributed by atoms with Crippen LogP contribution in [0.5, 0.6) is 0 Å². The van der Waals surface area contributed by atoms with E-state index >= 15 is 0 Å². The number of rotatable bonds is 1. The number of aromatic nitrogens is 1. The minimum Gasteiger partial charge on any atom is -0.332 e. The monoisotopic (exact) mass is 252 g/mol. The topological polar surface area (TPSA) is 74.3 Å². The highest BCUT2D eigenvalue weighted by Gasteiger charge is 2.23. The van der Waals surface area contributed by atoms with Crippen LogP contribution in [0.25, 0.3) is 0 Å². The summed E-state index contributed by atoms with van der Waals surface area (Å²) < 4.78 is 12.6. The molecule has 1 aromatic rings. The molecule has 0 unspecified atom stereocenters. The number of amides is 2. The second-order valence-corrected chi connectivity index (χ2v) is 3.86. The van der Waals surface area contributed by atoms with E-state index in [9.17, 15) is 14.0 Å². The van der Waals surface area contributed by atoms with Crippen LogP contribution in [0.15, 0.2) is 18.3 Å². The quantitative estimate of drug-likeness (QED) is 0.666. The standard InChI is InChI=1S/C11H13FN4O2/c12-8-1-2-9(14-7-8)15-10(17)11(18)16-5-3-13-4-6-16/h1-2,7,13H,3-6H2,(H,14,15,17). The summed E-state index contributed by atoms with van der Waals surface area (Å²) in [5.74, 6) is -1.69. The van der Waals surface area contributed by atoms with Crippen molar-refractivity contribution in [1.82, 2.24) is 15.2 Å². The summed E-state index contributed by atoms with van der Waals surface area (Å²) in [5.41, 5.74) is 0. The van der Waals surface area contributed by atoms with Gasteiger partial charge in [0.25, 0.3) is 0 Å². The summed E-state index contributed by atoms with van der Waals surface area (Å²) in [4.78, 5) is 28.5. The van der Waals surface area contributed by atoms with Crippen LogP contribution < -0.4 is 10.6 Å². The summed E-state index contributed by atoms with van der Waals surface area (Å²) in [5, 5.41) is 5.42. The maximum absolute atomic E-state index is 12.6. The second-order valence-electron chi connectivity index (χ2n) is 3.86. The number of halogens is 1. The Balaban J connectivity index is 1.94. The Morgan fingerprint density at radius 2 is 2.06 bits per heavy atom. The lowest BCUT2D eigenvalue weighted by Crippen LogP contribution is -2.49. The molecular weight excluding hydrogens is 239 g/mol. The third-order valence-electron chi connectivity index (χ3n) is 2.57. The summed E-state index contributed by atoms with van der Waals surface area (Å²) in [7, 11) is 0. The average molecular weight is 252 g/mol. The first-order valence-electron chi connectivity index (χ1n) is 5.59. The molecule has 0 atom stereocenters. The molecule has 0 radical (unpaired) electrons. The first-order valence-corrected chi connectivity index (χ1v) is 5.59. The highest BCUT2D eigenvalue weighted by atomic mass is 19.1. The van der Waals surface area contributed by atoms with E-state index in [1.807, 2.05) is 0 Å². The van der Waals surface area contributed by atoms with E-state index in [-0.39, 0.29) is 5.82 Å². The van der Waals surface area contributed by atoms with E-state index in [4.69, 9.17) is 0 Å².